The molecule has 5 rings (SSSR count). The molecule has 1 saturated carbocycles. The number of nitrogens with zero attached hydrogens (tertiary/aromatic N) is 3. The van der Waals surface area contributed by atoms with E-state index < -0.39 is 36.6 Å². The van der Waals surface area contributed by atoms with Crippen molar-refractivity contribution in [3.63, 3.8) is 0 Å². The number of anilines is 2. The van der Waals surface area contributed by atoms with Crippen molar-refractivity contribution in [2.24, 2.45) is 5.92 Å². The number of rotatable bonds is 8. The van der Waals surface area contributed by atoms with E-state index in [1.807, 2.05) is 24.3 Å². The molecule has 4 N–H and O–H groups in total. The number of fused-ring (bicyclic) bond motifs is 1. The van der Waals surface area contributed by atoms with Crippen molar-refractivity contribution < 1.29 is 36.9 Å². The number of alkyl halides is 5. The highest BCUT2D eigenvalue weighted by atomic mass is 32.1. The van der Waals surface area contributed by atoms with E-state index in [4.69, 9.17) is 0 Å². The maximum atomic E-state index is 13.5. The number of thiazole rings is 1. The topological polar surface area (TPSA) is 112 Å². The largest absolute Gasteiger partial charge is 0.573 e. The second-order valence-electron chi connectivity index (χ2n) is 9.86. The second kappa shape index (κ2) is 11.0. The Bertz CT molecular complexity index is 1500. The van der Waals surface area contributed by atoms with Gasteiger partial charge in [-0.05, 0) is 56.5 Å². The molecule has 14 heteroatoms. The van der Waals surface area contributed by atoms with Crippen molar-refractivity contribution in [1.29, 1.82) is 0 Å². The number of aromatic nitrogens is 3. The molecule has 0 unspecified atom stereocenters. The molecule has 0 radical (unpaired) electrons. The highest BCUT2D eigenvalue weighted by molar-refractivity contribution is 7.21. The maximum Gasteiger partial charge on any atom is 0.573 e. The molecular weight excluding hydrogens is 569 g/mol. The Balaban J connectivity index is 1.48. The second-order valence-corrected chi connectivity index (χ2v) is 10.9. The standard InChI is InChI=1S/C27H26F5N5O3S/c1-13(15-7-9-16(10-8-15)40-27(30,31)32)33-25-34-14(2)20(24-35-18-5-3-4-6-19(18)41-24)23(36-25)37-26(39)12-11-17(21(26)38)22(28)29/h3-10,13,17,21-22,38-39H,11-12H2,1-2H3,(H2,33,34,36,37)/t13-,17+,21-,26-/m1/s1. The Morgan fingerprint density at radius 2 is 1.78 bits per heavy atom. The summed E-state index contributed by atoms with van der Waals surface area (Å²) in [7, 11) is 0. The average Bonchev–Trinajstić information content (AvgIpc) is 3.43. The van der Waals surface area contributed by atoms with Crippen molar-refractivity contribution >= 4 is 33.3 Å². The van der Waals surface area contributed by atoms with Gasteiger partial charge in [0.25, 0.3) is 0 Å². The zero-order chi connectivity index (χ0) is 29.5. The Morgan fingerprint density at radius 1 is 1.07 bits per heavy atom. The van der Waals surface area contributed by atoms with Crippen LogP contribution in [-0.2, 0) is 0 Å². The van der Waals surface area contributed by atoms with Crippen LogP contribution in [0.3, 0.4) is 0 Å². The highest BCUT2D eigenvalue weighted by Gasteiger charge is 2.50. The minimum absolute atomic E-state index is 0.0802. The van der Waals surface area contributed by atoms with Gasteiger partial charge in [-0.1, -0.05) is 24.3 Å². The molecule has 2 aromatic carbocycles. The van der Waals surface area contributed by atoms with E-state index in [9.17, 15) is 32.2 Å². The van der Waals surface area contributed by atoms with Crippen LogP contribution < -0.4 is 15.4 Å². The molecule has 2 heterocycles. The number of nitrogens with one attached hydrogen (secondary N) is 2. The van der Waals surface area contributed by atoms with Crippen LogP contribution in [0.15, 0.2) is 48.5 Å². The molecule has 4 atom stereocenters. The fraction of sp³-hybridized carbons (Fsp3) is 0.370. The van der Waals surface area contributed by atoms with Crippen LogP contribution in [0, 0.1) is 12.8 Å². The van der Waals surface area contributed by atoms with E-state index in [1.54, 1.807) is 13.8 Å². The summed E-state index contributed by atoms with van der Waals surface area (Å²) in [4.78, 5) is 13.7. The van der Waals surface area contributed by atoms with Crippen LogP contribution in [0.1, 0.15) is 37.1 Å². The first kappa shape index (κ1) is 28.9. The summed E-state index contributed by atoms with van der Waals surface area (Å²) < 4.78 is 69.3. The lowest BCUT2D eigenvalue weighted by Gasteiger charge is -2.31. The number of halogens is 5. The molecule has 0 saturated heterocycles. The highest BCUT2D eigenvalue weighted by Crippen LogP contribution is 2.42. The van der Waals surface area contributed by atoms with Gasteiger partial charge in [0.2, 0.25) is 12.4 Å². The first-order valence-corrected chi connectivity index (χ1v) is 13.5. The number of aryl methyl sites for hydroxylation is 1. The van der Waals surface area contributed by atoms with Crippen LogP contribution in [-0.4, -0.2) is 49.8 Å². The fourth-order valence-corrected chi connectivity index (χ4v) is 5.91. The van der Waals surface area contributed by atoms with Gasteiger partial charge in [0.15, 0.2) is 5.72 Å². The van der Waals surface area contributed by atoms with E-state index in [0.717, 1.165) is 10.2 Å². The van der Waals surface area contributed by atoms with Crippen LogP contribution in [0.5, 0.6) is 5.75 Å². The quantitative estimate of drug-likeness (QED) is 0.139. The molecule has 41 heavy (non-hydrogen) atoms. The number of hydrogen-bond donors (Lipinski definition) is 4. The van der Waals surface area contributed by atoms with Gasteiger partial charge in [-0.2, -0.15) is 4.98 Å². The van der Waals surface area contributed by atoms with Crippen LogP contribution in [0.4, 0.5) is 33.7 Å². The smallest absolute Gasteiger partial charge is 0.406 e. The lowest BCUT2D eigenvalue weighted by atomic mass is 10.0. The third kappa shape index (κ3) is 6.19. The Hall–Kier alpha value is -3.62. The summed E-state index contributed by atoms with van der Waals surface area (Å²) in [6.07, 6.45) is -9.62. The average molecular weight is 596 g/mol. The Labute approximate surface area is 235 Å². The summed E-state index contributed by atoms with van der Waals surface area (Å²) in [5, 5.41) is 28.2. The minimum Gasteiger partial charge on any atom is -0.406 e. The van der Waals surface area contributed by atoms with Gasteiger partial charge in [-0.3, -0.25) is 0 Å². The molecule has 8 nitrogen and oxygen atoms in total. The van der Waals surface area contributed by atoms with E-state index >= 15 is 0 Å². The molecule has 0 spiro atoms. The number of para-hydroxylation sites is 1. The number of hydrogen-bond acceptors (Lipinski definition) is 9. The van der Waals surface area contributed by atoms with Crippen molar-refractivity contribution in [3.05, 3.63) is 59.8 Å². The summed E-state index contributed by atoms with van der Waals surface area (Å²) in [6, 6.07) is 12.3. The molecule has 1 fully saturated rings. The predicted octanol–water partition coefficient (Wildman–Crippen LogP) is 6.27. The maximum absolute atomic E-state index is 13.5. The first-order valence-electron chi connectivity index (χ1n) is 12.7. The molecule has 2 aromatic heterocycles. The van der Waals surface area contributed by atoms with Gasteiger partial charge in [0, 0.05) is 0 Å². The van der Waals surface area contributed by atoms with E-state index in [-0.39, 0.29) is 30.4 Å². The molecule has 4 aromatic rings. The van der Waals surface area contributed by atoms with Crippen LogP contribution in [0.25, 0.3) is 20.8 Å². The zero-order valence-corrected chi connectivity index (χ0v) is 22.6. The van der Waals surface area contributed by atoms with E-state index in [1.165, 1.54) is 35.6 Å². The van der Waals surface area contributed by atoms with Crippen molar-refractivity contribution in [3.8, 4) is 16.3 Å². The summed E-state index contributed by atoms with van der Waals surface area (Å²) in [5.74, 6) is -1.60. The number of aliphatic hydroxyl groups is 2. The van der Waals surface area contributed by atoms with Crippen LogP contribution >= 0.6 is 11.3 Å². The lowest BCUT2D eigenvalue weighted by molar-refractivity contribution is -0.274. The molecule has 0 aliphatic heterocycles. The van der Waals surface area contributed by atoms with Crippen molar-refractivity contribution in [1.82, 2.24) is 15.0 Å². The Morgan fingerprint density at radius 3 is 2.41 bits per heavy atom. The first-order chi connectivity index (χ1) is 19.3. The fourth-order valence-electron chi connectivity index (χ4n) is 4.85. The zero-order valence-electron chi connectivity index (χ0n) is 21.8. The van der Waals surface area contributed by atoms with Crippen LogP contribution in [0.2, 0.25) is 0 Å². The molecular formula is C27H26F5N5O3S. The Kier molecular flexibility index (Phi) is 7.74. The number of aliphatic hydroxyl groups excluding tert-OH is 1. The van der Waals surface area contributed by atoms with Gasteiger partial charge in [-0.15, -0.1) is 24.5 Å². The SMILES string of the molecule is Cc1nc(N[C@H](C)c2ccc(OC(F)(F)F)cc2)nc(N[C@@]2(O)CC[C@H](C(F)F)[C@H]2O)c1-c1nc2ccccc2s1. The molecule has 1 aliphatic rings. The van der Waals surface area contributed by atoms with Gasteiger partial charge >= 0.3 is 6.36 Å². The lowest BCUT2D eigenvalue weighted by Crippen LogP contribution is -2.48. The summed E-state index contributed by atoms with van der Waals surface area (Å²) in [5.41, 5.74) is 0.134. The van der Waals surface area contributed by atoms with Crippen molar-refractivity contribution in [2.45, 2.75) is 57.3 Å². The minimum atomic E-state index is -4.81. The normalized spacial score (nSPS) is 21.8. The van der Waals surface area contributed by atoms with Gasteiger partial charge in [0.05, 0.1) is 33.4 Å². The van der Waals surface area contributed by atoms with Crippen molar-refractivity contribution in [2.75, 3.05) is 10.6 Å². The van der Waals surface area contributed by atoms with Gasteiger partial charge in [0.1, 0.15) is 22.7 Å². The van der Waals surface area contributed by atoms with Gasteiger partial charge < -0.3 is 25.6 Å². The third-order valence-corrected chi connectivity index (χ3v) is 8.02. The summed E-state index contributed by atoms with van der Waals surface area (Å²) in [6.45, 7) is 3.44. The monoisotopic (exact) mass is 595 g/mol. The van der Waals surface area contributed by atoms with Gasteiger partial charge in [-0.25, -0.2) is 18.7 Å². The molecule has 1 aliphatic carbocycles. The predicted molar refractivity (Wildman–Crippen MR) is 144 cm³/mol. The molecule has 0 amide bonds. The van der Waals surface area contributed by atoms with E-state index in [0.29, 0.717) is 21.8 Å². The number of benzene rings is 2. The number of ether oxygens (including phenoxy) is 1. The molecule has 218 valence electrons. The molecule has 0 bridgehead atoms. The third-order valence-electron chi connectivity index (χ3n) is 6.97. The summed E-state index contributed by atoms with van der Waals surface area (Å²) >= 11 is 1.36. The van der Waals surface area contributed by atoms with E-state index in [2.05, 4.69) is 30.3 Å².